The van der Waals surface area contributed by atoms with Gasteiger partial charge < -0.3 is 20.6 Å². The molecule has 1 aromatic rings. The van der Waals surface area contributed by atoms with Crippen molar-refractivity contribution in [2.75, 3.05) is 11.1 Å². The first-order valence-electron chi connectivity index (χ1n) is 9.99. The lowest BCUT2D eigenvalue weighted by Crippen LogP contribution is -2.43. The van der Waals surface area contributed by atoms with Gasteiger partial charge in [0.1, 0.15) is 11.8 Å². The Hall–Kier alpha value is -1.89. The first-order chi connectivity index (χ1) is 13.3. The average molecular weight is 406 g/mol. The van der Waals surface area contributed by atoms with Crippen molar-refractivity contribution in [3.63, 3.8) is 0 Å². The number of ketones is 1. The van der Waals surface area contributed by atoms with Gasteiger partial charge in [0.25, 0.3) is 0 Å². The number of carboxylic acid groups (broad SMARTS) is 1. The van der Waals surface area contributed by atoms with Crippen molar-refractivity contribution >= 4 is 30.1 Å². The summed E-state index contributed by atoms with van der Waals surface area (Å²) in [6, 6.07) is 0.544. The van der Waals surface area contributed by atoms with Crippen LogP contribution in [0.15, 0.2) is 6.07 Å². The fraction of sp³-hybridized carbons (Fsp3) is 0.619. The highest BCUT2D eigenvalue weighted by Crippen LogP contribution is 2.61. The number of benzene rings is 1. The summed E-state index contributed by atoms with van der Waals surface area (Å²) >= 11 is 4.13. The lowest BCUT2D eigenvalue weighted by atomic mass is 9.55. The highest BCUT2D eigenvalue weighted by atomic mass is 32.1. The van der Waals surface area contributed by atoms with Crippen molar-refractivity contribution in [1.29, 1.82) is 0 Å². The second-order valence-corrected chi connectivity index (χ2v) is 9.10. The van der Waals surface area contributed by atoms with E-state index in [9.17, 15) is 24.9 Å². The molecule has 3 aliphatic carbocycles. The minimum absolute atomic E-state index is 0.104. The van der Waals surface area contributed by atoms with Crippen molar-refractivity contribution < 1.29 is 24.9 Å². The first-order valence-corrected chi connectivity index (χ1v) is 10.6. The molecule has 0 spiro atoms. The van der Waals surface area contributed by atoms with Crippen molar-refractivity contribution in [2.45, 2.75) is 57.4 Å². The zero-order valence-corrected chi connectivity index (χ0v) is 16.8. The monoisotopic (exact) mass is 405 g/mol. The van der Waals surface area contributed by atoms with E-state index in [1.807, 2.05) is 0 Å². The van der Waals surface area contributed by atoms with Gasteiger partial charge in [-0.15, -0.1) is 0 Å². The van der Waals surface area contributed by atoms with Gasteiger partial charge in [-0.05, 0) is 55.4 Å². The Morgan fingerprint density at radius 3 is 2.75 bits per heavy atom. The van der Waals surface area contributed by atoms with E-state index in [0.717, 1.165) is 31.2 Å². The molecule has 0 aliphatic heterocycles. The summed E-state index contributed by atoms with van der Waals surface area (Å²) in [5.74, 6) is -0.0636. The molecular formula is C21H27NO5S. The second-order valence-electron chi connectivity index (χ2n) is 8.74. The number of thiol groups is 1. The fourth-order valence-corrected chi connectivity index (χ4v) is 6.27. The average Bonchev–Trinajstić information content (AvgIpc) is 2.97. The minimum Gasteiger partial charge on any atom is -0.504 e. The summed E-state index contributed by atoms with van der Waals surface area (Å²) in [7, 11) is 0. The molecule has 4 rings (SSSR count). The van der Waals surface area contributed by atoms with Crippen LogP contribution in [0.3, 0.4) is 0 Å². The van der Waals surface area contributed by atoms with E-state index in [1.165, 1.54) is 6.07 Å². The van der Waals surface area contributed by atoms with Gasteiger partial charge in [0, 0.05) is 34.9 Å². The van der Waals surface area contributed by atoms with Crippen LogP contribution >= 0.6 is 12.6 Å². The molecule has 0 aromatic heterocycles. The topological polar surface area (TPSA) is 107 Å². The molecule has 0 radical (unpaired) electrons. The smallest absolute Gasteiger partial charge is 0.326 e. The van der Waals surface area contributed by atoms with E-state index in [4.69, 9.17) is 0 Å². The van der Waals surface area contributed by atoms with Crippen LogP contribution in [0.4, 0.5) is 5.69 Å². The Morgan fingerprint density at radius 1 is 1.32 bits per heavy atom. The molecule has 0 bridgehead atoms. The summed E-state index contributed by atoms with van der Waals surface area (Å²) in [5, 5.41) is 33.1. The molecule has 2 saturated carbocycles. The first kappa shape index (κ1) is 19.4. The SMILES string of the molecule is C[C@]12CCC3c4c(N[C@@H](CS)C(=O)O)cc(O)c(O)c4CCC3C1CCC2=O. The third kappa shape index (κ3) is 2.78. The van der Waals surface area contributed by atoms with Gasteiger partial charge in [-0.25, -0.2) is 4.79 Å². The maximum absolute atomic E-state index is 12.5. The molecule has 0 saturated heterocycles. The van der Waals surface area contributed by atoms with Gasteiger partial charge in [-0.1, -0.05) is 6.92 Å². The quantitative estimate of drug-likeness (QED) is 0.299. The van der Waals surface area contributed by atoms with Crippen LogP contribution in [0.2, 0.25) is 0 Å². The summed E-state index contributed by atoms with van der Waals surface area (Å²) < 4.78 is 0. The predicted octanol–water partition coefficient (Wildman–Crippen LogP) is 3.32. The number of hydrogen-bond acceptors (Lipinski definition) is 6. The Labute approximate surface area is 169 Å². The fourth-order valence-electron chi connectivity index (χ4n) is 6.03. The van der Waals surface area contributed by atoms with Gasteiger partial charge in [-0.2, -0.15) is 12.6 Å². The van der Waals surface area contributed by atoms with E-state index in [2.05, 4.69) is 24.9 Å². The van der Waals surface area contributed by atoms with Crippen LogP contribution in [0, 0.1) is 17.3 Å². The Morgan fingerprint density at radius 2 is 2.07 bits per heavy atom. The number of aliphatic carboxylic acids is 1. The number of nitrogens with one attached hydrogen (secondary N) is 1. The van der Waals surface area contributed by atoms with E-state index in [0.29, 0.717) is 41.7 Å². The van der Waals surface area contributed by atoms with E-state index < -0.39 is 12.0 Å². The van der Waals surface area contributed by atoms with E-state index in [-0.39, 0.29) is 28.6 Å². The van der Waals surface area contributed by atoms with Gasteiger partial charge in [0.15, 0.2) is 11.5 Å². The van der Waals surface area contributed by atoms with Crippen LogP contribution in [0.25, 0.3) is 0 Å². The van der Waals surface area contributed by atoms with Crippen molar-refractivity contribution in [2.24, 2.45) is 17.3 Å². The molecule has 3 aliphatic rings. The maximum atomic E-state index is 12.5. The highest BCUT2D eigenvalue weighted by molar-refractivity contribution is 7.80. The van der Waals surface area contributed by atoms with Crippen molar-refractivity contribution in [3.05, 3.63) is 17.2 Å². The largest absolute Gasteiger partial charge is 0.504 e. The maximum Gasteiger partial charge on any atom is 0.326 e. The Bertz CT molecular complexity index is 841. The van der Waals surface area contributed by atoms with Crippen LogP contribution in [0.1, 0.15) is 56.1 Å². The summed E-state index contributed by atoms with van der Waals surface area (Å²) in [6.45, 7) is 2.10. The van der Waals surface area contributed by atoms with Crippen molar-refractivity contribution in [3.8, 4) is 11.5 Å². The normalized spacial score (nSPS) is 32.2. The van der Waals surface area contributed by atoms with Crippen LogP contribution in [0.5, 0.6) is 11.5 Å². The zero-order chi connectivity index (χ0) is 20.2. The van der Waals surface area contributed by atoms with E-state index in [1.54, 1.807) is 0 Å². The molecule has 4 N–H and O–H groups in total. The lowest BCUT2D eigenvalue weighted by Gasteiger charge is -2.48. The number of carbonyl (C=O) groups is 2. The molecule has 1 aromatic carbocycles. The third-order valence-electron chi connectivity index (χ3n) is 7.48. The third-order valence-corrected chi connectivity index (χ3v) is 7.84. The standard InChI is InChI=1S/C21H27NO5S/c1-21-7-6-11-10(13(21)4-5-17(21)24)2-3-12-18(11)14(8-16(23)19(12)25)22-15(9-28)20(26)27/h8,10-11,13,15,22-23,25,28H,2-7,9H2,1H3,(H,26,27)/t10?,11?,13?,15-,21-/m0/s1. The van der Waals surface area contributed by atoms with Crippen LogP contribution in [-0.2, 0) is 16.0 Å². The second kappa shape index (κ2) is 6.87. The number of phenols is 2. The number of aromatic hydroxyl groups is 2. The summed E-state index contributed by atoms with van der Waals surface area (Å²) in [6.07, 6.45) is 4.68. The summed E-state index contributed by atoms with van der Waals surface area (Å²) in [4.78, 5) is 24.0. The zero-order valence-electron chi connectivity index (χ0n) is 15.9. The van der Waals surface area contributed by atoms with Crippen LogP contribution < -0.4 is 5.32 Å². The number of fused-ring (bicyclic) bond motifs is 5. The molecule has 2 fully saturated rings. The number of phenolic OH excluding ortho intramolecular Hbond substituents is 2. The van der Waals surface area contributed by atoms with E-state index >= 15 is 0 Å². The predicted molar refractivity (Wildman–Crippen MR) is 108 cm³/mol. The molecule has 3 unspecified atom stereocenters. The number of rotatable bonds is 4. The minimum atomic E-state index is -1.01. The summed E-state index contributed by atoms with van der Waals surface area (Å²) in [5.41, 5.74) is 1.94. The molecule has 152 valence electrons. The van der Waals surface area contributed by atoms with Gasteiger partial charge >= 0.3 is 5.97 Å². The van der Waals surface area contributed by atoms with Crippen molar-refractivity contribution in [1.82, 2.24) is 0 Å². The number of carboxylic acids is 1. The molecular weight excluding hydrogens is 378 g/mol. The van der Waals surface area contributed by atoms with Gasteiger partial charge in [0.05, 0.1) is 0 Å². The number of Topliss-reactive ketones (excluding diaryl/α,β-unsaturated/α-hetero) is 1. The molecule has 0 heterocycles. The lowest BCUT2D eigenvalue weighted by molar-refractivity contribution is -0.137. The molecule has 6 nitrogen and oxygen atoms in total. The number of anilines is 1. The molecule has 7 heteroatoms. The number of hydrogen-bond donors (Lipinski definition) is 5. The molecule has 0 amide bonds. The molecule has 28 heavy (non-hydrogen) atoms. The Balaban J connectivity index is 1.77. The van der Waals surface area contributed by atoms with Gasteiger partial charge in [0.2, 0.25) is 0 Å². The number of carbonyl (C=O) groups excluding carboxylic acids is 1. The van der Waals surface area contributed by atoms with Gasteiger partial charge in [-0.3, -0.25) is 4.79 Å². The van der Waals surface area contributed by atoms with Crippen LogP contribution in [-0.4, -0.2) is 38.9 Å². The molecule has 5 atom stereocenters. The highest BCUT2D eigenvalue weighted by Gasteiger charge is 2.55. The Kier molecular flexibility index (Phi) is 4.76.